The molecule has 100 valence electrons. The third-order valence-electron chi connectivity index (χ3n) is 3.22. The highest BCUT2D eigenvalue weighted by molar-refractivity contribution is 7.91. The van der Waals surface area contributed by atoms with Gasteiger partial charge in [-0.2, -0.15) is 0 Å². The lowest BCUT2D eigenvalue weighted by Gasteiger charge is -2.13. The van der Waals surface area contributed by atoms with Crippen molar-refractivity contribution >= 4 is 21.5 Å². The molecule has 2 rings (SSSR count). The zero-order chi connectivity index (χ0) is 13.2. The molecule has 0 aliphatic carbocycles. The fourth-order valence-electron chi connectivity index (χ4n) is 2.20. The largest absolute Gasteiger partial charge is 0.383 e. The predicted octanol–water partition coefficient (Wildman–Crippen LogP) is 0.468. The van der Waals surface area contributed by atoms with E-state index in [1.807, 2.05) is 6.92 Å². The van der Waals surface area contributed by atoms with Gasteiger partial charge in [0, 0.05) is 12.1 Å². The van der Waals surface area contributed by atoms with Crippen LogP contribution in [0.25, 0.3) is 0 Å². The van der Waals surface area contributed by atoms with Gasteiger partial charge in [-0.3, -0.25) is 0 Å². The number of anilines is 2. The zero-order valence-electron chi connectivity index (χ0n) is 10.4. The average Bonchev–Trinajstić information content (AvgIpc) is 2.66. The Morgan fingerprint density at radius 2 is 2.28 bits per heavy atom. The minimum atomic E-state index is -2.82. The molecular formula is C11H18N4O2S. The summed E-state index contributed by atoms with van der Waals surface area (Å²) >= 11 is 0. The van der Waals surface area contributed by atoms with E-state index in [2.05, 4.69) is 15.3 Å². The quantitative estimate of drug-likeness (QED) is 0.825. The predicted molar refractivity (Wildman–Crippen MR) is 71.1 cm³/mol. The standard InChI is InChI=1S/C11H18N4O2S/c1-2-9-10(12)14-7-15-11(9)13-5-8-3-4-18(16,17)6-8/h7-8H,2-6H2,1H3,(H3,12,13,14,15). The molecule has 1 aliphatic rings. The summed E-state index contributed by atoms with van der Waals surface area (Å²) in [5.74, 6) is 1.92. The number of aromatic nitrogens is 2. The van der Waals surface area contributed by atoms with E-state index in [1.54, 1.807) is 0 Å². The highest BCUT2D eigenvalue weighted by atomic mass is 32.2. The van der Waals surface area contributed by atoms with Crippen molar-refractivity contribution in [1.29, 1.82) is 0 Å². The van der Waals surface area contributed by atoms with Crippen LogP contribution in [-0.2, 0) is 16.3 Å². The third kappa shape index (κ3) is 2.90. The van der Waals surface area contributed by atoms with Gasteiger partial charge in [0.15, 0.2) is 9.84 Å². The van der Waals surface area contributed by atoms with Crippen LogP contribution in [0.4, 0.5) is 11.6 Å². The number of nitrogens with two attached hydrogens (primary N) is 1. The molecule has 1 atom stereocenters. The van der Waals surface area contributed by atoms with Gasteiger partial charge in [0.2, 0.25) is 0 Å². The molecule has 18 heavy (non-hydrogen) atoms. The van der Waals surface area contributed by atoms with Crippen LogP contribution in [0.3, 0.4) is 0 Å². The van der Waals surface area contributed by atoms with Gasteiger partial charge < -0.3 is 11.1 Å². The molecule has 2 heterocycles. The van der Waals surface area contributed by atoms with Crippen molar-refractivity contribution < 1.29 is 8.42 Å². The lowest BCUT2D eigenvalue weighted by Crippen LogP contribution is -2.17. The summed E-state index contributed by atoms with van der Waals surface area (Å²) in [6.45, 7) is 2.60. The van der Waals surface area contributed by atoms with Gasteiger partial charge in [0.1, 0.15) is 18.0 Å². The van der Waals surface area contributed by atoms with Gasteiger partial charge in [-0.05, 0) is 18.8 Å². The molecule has 1 aromatic heterocycles. The maximum absolute atomic E-state index is 11.4. The summed E-state index contributed by atoms with van der Waals surface area (Å²) in [4.78, 5) is 8.10. The van der Waals surface area contributed by atoms with Crippen molar-refractivity contribution in [3.05, 3.63) is 11.9 Å². The van der Waals surface area contributed by atoms with Crippen LogP contribution in [-0.4, -0.2) is 36.4 Å². The van der Waals surface area contributed by atoms with Crippen LogP contribution >= 0.6 is 0 Å². The van der Waals surface area contributed by atoms with Gasteiger partial charge in [-0.1, -0.05) is 6.92 Å². The first-order valence-corrected chi connectivity index (χ1v) is 7.87. The van der Waals surface area contributed by atoms with Crippen LogP contribution in [0.1, 0.15) is 18.9 Å². The second kappa shape index (κ2) is 5.09. The molecule has 0 aromatic carbocycles. The number of sulfone groups is 1. The summed E-state index contributed by atoms with van der Waals surface area (Å²) in [7, 11) is -2.82. The molecule has 6 nitrogen and oxygen atoms in total. The minimum Gasteiger partial charge on any atom is -0.383 e. The fraction of sp³-hybridized carbons (Fsp3) is 0.636. The zero-order valence-corrected chi connectivity index (χ0v) is 11.2. The van der Waals surface area contributed by atoms with E-state index in [-0.39, 0.29) is 11.7 Å². The highest BCUT2D eigenvalue weighted by Crippen LogP contribution is 2.21. The Balaban J connectivity index is 2.01. The first-order chi connectivity index (χ1) is 8.52. The second-order valence-corrected chi connectivity index (χ2v) is 6.82. The molecule has 1 fully saturated rings. The molecule has 1 aromatic rings. The number of hydrogen-bond donors (Lipinski definition) is 2. The highest BCUT2D eigenvalue weighted by Gasteiger charge is 2.27. The van der Waals surface area contributed by atoms with E-state index in [1.165, 1.54) is 6.33 Å². The molecule has 3 N–H and O–H groups in total. The van der Waals surface area contributed by atoms with Gasteiger partial charge in [-0.25, -0.2) is 18.4 Å². The topological polar surface area (TPSA) is 98.0 Å². The number of rotatable bonds is 4. The van der Waals surface area contributed by atoms with Crippen molar-refractivity contribution in [3.8, 4) is 0 Å². The first-order valence-electron chi connectivity index (χ1n) is 6.05. The monoisotopic (exact) mass is 270 g/mol. The second-order valence-electron chi connectivity index (χ2n) is 4.59. The summed E-state index contributed by atoms with van der Waals surface area (Å²) in [5.41, 5.74) is 6.66. The van der Waals surface area contributed by atoms with Crippen molar-refractivity contribution in [1.82, 2.24) is 9.97 Å². The molecule has 0 radical (unpaired) electrons. The molecule has 1 unspecified atom stereocenters. The number of nitrogens with one attached hydrogen (secondary N) is 1. The van der Waals surface area contributed by atoms with Crippen molar-refractivity contribution in [2.24, 2.45) is 5.92 Å². The van der Waals surface area contributed by atoms with E-state index in [4.69, 9.17) is 5.73 Å². The average molecular weight is 270 g/mol. The number of hydrogen-bond acceptors (Lipinski definition) is 6. The minimum absolute atomic E-state index is 0.163. The van der Waals surface area contributed by atoms with E-state index in [0.717, 1.165) is 18.4 Å². The smallest absolute Gasteiger partial charge is 0.150 e. The maximum atomic E-state index is 11.4. The molecule has 7 heteroatoms. The number of nitrogens with zero attached hydrogens (tertiary/aromatic N) is 2. The Bertz CT molecular complexity index is 530. The summed E-state index contributed by atoms with van der Waals surface area (Å²) in [6, 6.07) is 0. The third-order valence-corrected chi connectivity index (χ3v) is 5.05. The Hall–Kier alpha value is -1.37. The van der Waals surface area contributed by atoms with Crippen molar-refractivity contribution in [2.45, 2.75) is 19.8 Å². The lowest BCUT2D eigenvalue weighted by molar-refractivity contribution is 0.595. The fourth-order valence-corrected chi connectivity index (χ4v) is 4.06. The Kier molecular flexibility index (Phi) is 3.70. The van der Waals surface area contributed by atoms with Crippen LogP contribution in [0.5, 0.6) is 0 Å². The molecule has 1 saturated heterocycles. The molecular weight excluding hydrogens is 252 g/mol. The van der Waals surface area contributed by atoms with Gasteiger partial charge in [-0.15, -0.1) is 0 Å². The van der Waals surface area contributed by atoms with Crippen LogP contribution in [0, 0.1) is 5.92 Å². The Morgan fingerprint density at radius 1 is 1.50 bits per heavy atom. The normalized spacial score (nSPS) is 21.9. The summed E-state index contributed by atoms with van der Waals surface area (Å²) < 4.78 is 22.7. The van der Waals surface area contributed by atoms with E-state index in [0.29, 0.717) is 23.9 Å². The molecule has 0 amide bonds. The van der Waals surface area contributed by atoms with Gasteiger partial charge in [0.05, 0.1) is 11.5 Å². The SMILES string of the molecule is CCc1c(N)ncnc1NCC1CCS(=O)(=O)C1. The van der Waals surface area contributed by atoms with E-state index in [9.17, 15) is 8.42 Å². The molecule has 0 bridgehead atoms. The van der Waals surface area contributed by atoms with E-state index >= 15 is 0 Å². The maximum Gasteiger partial charge on any atom is 0.150 e. The molecule has 0 saturated carbocycles. The van der Waals surface area contributed by atoms with Gasteiger partial charge >= 0.3 is 0 Å². The summed E-state index contributed by atoms with van der Waals surface area (Å²) in [6.07, 6.45) is 2.89. The Labute approximate surface area is 107 Å². The van der Waals surface area contributed by atoms with Crippen LogP contribution in [0.2, 0.25) is 0 Å². The van der Waals surface area contributed by atoms with Crippen LogP contribution in [0.15, 0.2) is 6.33 Å². The van der Waals surface area contributed by atoms with E-state index < -0.39 is 9.84 Å². The van der Waals surface area contributed by atoms with Crippen LogP contribution < -0.4 is 11.1 Å². The number of nitrogen functional groups attached to an aromatic ring is 1. The first kappa shape index (κ1) is 13.1. The Morgan fingerprint density at radius 3 is 2.89 bits per heavy atom. The van der Waals surface area contributed by atoms with Crippen molar-refractivity contribution in [3.63, 3.8) is 0 Å². The lowest BCUT2D eigenvalue weighted by atomic mass is 10.1. The van der Waals surface area contributed by atoms with Gasteiger partial charge in [0.25, 0.3) is 0 Å². The molecule has 1 aliphatic heterocycles. The van der Waals surface area contributed by atoms with Crippen molar-refractivity contribution in [2.75, 3.05) is 29.1 Å². The summed E-state index contributed by atoms with van der Waals surface area (Å²) in [5, 5.41) is 3.19. The molecule has 0 spiro atoms.